The predicted octanol–water partition coefficient (Wildman–Crippen LogP) is 4.59. The zero-order valence-corrected chi connectivity index (χ0v) is 14.5. The van der Waals surface area contributed by atoms with Gasteiger partial charge in [-0.3, -0.25) is 4.79 Å². The second kappa shape index (κ2) is 7.17. The number of hydrogen-bond acceptors (Lipinski definition) is 4. The largest absolute Gasteiger partial charge is 0.368 e. The van der Waals surface area contributed by atoms with E-state index in [0.29, 0.717) is 6.61 Å². The summed E-state index contributed by atoms with van der Waals surface area (Å²) in [5, 5.41) is 5.98. The van der Waals surface area contributed by atoms with Crippen molar-refractivity contribution in [2.75, 3.05) is 11.9 Å². The molecule has 1 amide bonds. The highest BCUT2D eigenvalue weighted by Crippen LogP contribution is 2.29. The monoisotopic (exact) mass is 350 g/mol. The molecule has 2 heterocycles. The van der Waals surface area contributed by atoms with Crippen LogP contribution in [-0.4, -0.2) is 23.6 Å². The zero-order chi connectivity index (χ0) is 17.1. The quantitative estimate of drug-likeness (QED) is 0.748. The number of hydrogen-bond donors (Lipinski definition) is 1. The van der Waals surface area contributed by atoms with E-state index < -0.39 is 0 Å². The number of aromatic nitrogens is 1. The van der Waals surface area contributed by atoms with Gasteiger partial charge in [-0.1, -0.05) is 42.5 Å². The van der Waals surface area contributed by atoms with Crippen molar-refractivity contribution >= 4 is 22.9 Å². The molecule has 1 aromatic heterocycles. The summed E-state index contributed by atoms with van der Waals surface area (Å²) in [5.41, 5.74) is 3.89. The summed E-state index contributed by atoms with van der Waals surface area (Å²) < 4.78 is 5.40. The first-order valence-corrected chi connectivity index (χ1v) is 9.21. The van der Waals surface area contributed by atoms with E-state index in [1.165, 1.54) is 0 Å². The van der Waals surface area contributed by atoms with E-state index in [1.807, 2.05) is 42.5 Å². The lowest BCUT2D eigenvalue weighted by Crippen LogP contribution is -2.26. The molecular weight excluding hydrogens is 332 g/mol. The first-order chi connectivity index (χ1) is 12.3. The van der Waals surface area contributed by atoms with E-state index in [4.69, 9.17) is 9.72 Å². The molecule has 0 radical (unpaired) electrons. The average Bonchev–Trinajstić information content (AvgIpc) is 3.35. The van der Waals surface area contributed by atoms with Crippen molar-refractivity contribution in [1.29, 1.82) is 0 Å². The molecule has 1 saturated heterocycles. The summed E-state index contributed by atoms with van der Waals surface area (Å²) >= 11 is 1.63. The Morgan fingerprint density at radius 2 is 1.88 bits per heavy atom. The lowest BCUT2D eigenvalue weighted by atomic mass is 10.1. The van der Waals surface area contributed by atoms with Gasteiger partial charge in [0.05, 0.1) is 5.69 Å². The molecule has 1 atom stereocenters. The van der Waals surface area contributed by atoms with Gasteiger partial charge in [0.25, 0.3) is 5.91 Å². The normalized spacial score (nSPS) is 16.7. The minimum Gasteiger partial charge on any atom is -0.368 e. The standard InChI is InChI=1S/C20H18N2O2S/c23-19(18-7-4-12-24-18)21-16-10-8-14(9-11-16)17-13-25-20(22-17)15-5-2-1-3-6-15/h1-3,5-6,8-11,13,18H,4,7,12H2,(H,21,23). The van der Waals surface area contributed by atoms with Gasteiger partial charge in [-0.05, 0) is 25.0 Å². The summed E-state index contributed by atoms with van der Waals surface area (Å²) in [6.07, 6.45) is 1.43. The molecule has 126 valence electrons. The molecule has 0 saturated carbocycles. The minimum atomic E-state index is -0.313. The molecule has 1 aliphatic rings. The molecule has 0 bridgehead atoms. The fourth-order valence-corrected chi connectivity index (χ4v) is 3.69. The van der Waals surface area contributed by atoms with Crippen molar-refractivity contribution in [3.05, 3.63) is 60.0 Å². The van der Waals surface area contributed by atoms with Crippen LogP contribution in [0.25, 0.3) is 21.8 Å². The van der Waals surface area contributed by atoms with Crippen LogP contribution in [0.1, 0.15) is 12.8 Å². The van der Waals surface area contributed by atoms with Gasteiger partial charge < -0.3 is 10.1 Å². The molecule has 5 heteroatoms. The van der Waals surface area contributed by atoms with E-state index >= 15 is 0 Å². The molecule has 1 N–H and O–H groups in total. The van der Waals surface area contributed by atoms with Crippen LogP contribution in [0, 0.1) is 0 Å². The number of carbonyl (C=O) groups excluding carboxylic acids is 1. The van der Waals surface area contributed by atoms with Gasteiger partial charge >= 0.3 is 0 Å². The van der Waals surface area contributed by atoms with Crippen LogP contribution >= 0.6 is 11.3 Å². The van der Waals surface area contributed by atoms with Crippen LogP contribution in [0.2, 0.25) is 0 Å². The first kappa shape index (κ1) is 16.0. The van der Waals surface area contributed by atoms with Crippen LogP contribution in [0.5, 0.6) is 0 Å². The molecule has 1 fully saturated rings. The number of thiazole rings is 1. The fourth-order valence-electron chi connectivity index (χ4n) is 2.85. The van der Waals surface area contributed by atoms with Crippen LogP contribution in [-0.2, 0) is 9.53 Å². The summed E-state index contributed by atoms with van der Waals surface area (Å²) in [6.45, 7) is 0.671. The molecule has 1 unspecified atom stereocenters. The van der Waals surface area contributed by atoms with Crippen molar-refractivity contribution in [1.82, 2.24) is 4.98 Å². The molecule has 0 spiro atoms. The molecule has 3 aromatic rings. The van der Waals surface area contributed by atoms with E-state index in [9.17, 15) is 4.79 Å². The Morgan fingerprint density at radius 1 is 1.08 bits per heavy atom. The van der Waals surface area contributed by atoms with Gasteiger partial charge in [0.1, 0.15) is 11.1 Å². The van der Waals surface area contributed by atoms with Crippen molar-refractivity contribution in [2.24, 2.45) is 0 Å². The summed E-state index contributed by atoms with van der Waals surface area (Å²) in [7, 11) is 0. The minimum absolute atomic E-state index is 0.0646. The van der Waals surface area contributed by atoms with Crippen LogP contribution in [0.3, 0.4) is 0 Å². The molecule has 0 aliphatic carbocycles. The fraction of sp³-hybridized carbons (Fsp3) is 0.200. The lowest BCUT2D eigenvalue weighted by molar-refractivity contribution is -0.124. The van der Waals surface area contributed by atoms with E-state index in [1.54, 1.807) is 11.3 Å². The topological polar surface area (TPSA) is 51.2 Å². The van der Waals surface area contributed by atoms with Crippen molar-refractivity contribution < 1.29 is 9.53 Å². The third-order valence-electron chi connectivity index (χ3n) is 4.20. The van der Waals surface area contributed by atoms with Gasteiger partial charge in [0.15, 0.2) is 0 Å². The maximum atomic E-state index is 12.1. The number of carbonyl (C=O) groups is 1. The van der Waals surface area contributed by atoms with E-state index in [-0.39, 0.29) is 12.0 Å². The van der Waals surface area contributed by atoms with Crippen molar-refractivity contribution in [3.8, 4) is 21.8 Å². The Kier molecular flexibility index (Phi) is 4.59. The molecule has 4 rings (SSSR count). The van der Waals surface area contributed by atoms with Crippen molar-refractivity contribution in [3.63, 3.8) is 0 Å². The van der Waals surface area contributed by atoms with E-state index in [0.717, 1.165) is 40.4 Å². The SMILES string of the molecule is O=C(Nc1ccc(-c2csc(-c3ccccc3)n2)cc1)C1CCCO1. The Hall–Kier alpha value is -2.50. The smallest absolute Gasteiger partial charge is 0.253 e. The van der Waals surface area contributed by atoms with Gasteiger partial charge in [-0.15, -0.1) is 11.3 Å². The highest BCUT2D eigenvalue weighted by Gasteiger charge is 2.23. The van der Waals surface area contributed by atoms with Crippen LogP contribution < -0.4 is 5.32 Å². The van der Waals surface area contributed by atoms with Gasteiger partial charge in [-0.2, -0.15) is 0 Å². The number of nitrogens with zero attached hydrogens (tertiary/aromatic N) is 1. The van der Waals surface area contributed by atoms with Crippen molar-refractivity contribution in [2.45, 2.75) is 18.9 Å². The second-order valence-corrected chi connectivity index (χ2v) is 6.83. The number of rotatable bonds is 4. The van der Waals surface area contributed by atoms with Gasteiger partial charge in [-0.25, -0.2) is 4.98 Å². The molecule has 25 heavy (non-hydrogen) atoms. The Morgan fingerprint density at radius 3 is 2.60 bits per heavy atom. The maximum Gasteiger partial charge on any atom is 0.253 e. The van der Waals surface area contributed by atoms with Crippen LogP contribution in [0.4, 0.5) is 5.69 Å². The Balaban J connectivity index is 1.47. The third kappa shape index (κ3) is 3.62. The molecular formula is C20H18N2O2S. The summed E-state index contributed by atoms with van der Waals surface area (Å²) in [4.78, 5) is 16.8. The summed E-state index contributed by atoms with van der Waals surface area (Å²) in [5.74, 6) is -0.0646. The molecule has 4 nitrogen and oxygen atoms in total. The third-order valence-corrected chi connectivity index (χ3v) is 5.09. The number of nitrogens with one attached hydrogen (secondary N) is 1. The second-order valence-electron chi connectivity index (χ2n) is 5.97. The first-order valence-electron chi connectivity index (χ1n) is 8.33. The number of benzene rings is 2. The number of ether oxygens (including phenoxy) is 1. The Bertz CT molecular complexity index is 853. The highest BCUT2D eigenvalue weighted by atomic mass is 32.1. The number of anilines is 1. The van der Waals surface area contributed by atoms with Crippen LogP contribution in [0.15, 0.2) is 60.0 Å². The highest BCUT2D eigenvalue weighted by molar-refractivity contribution is 7.13. The lowest BCUT2D eigenvalue weighted by Gasteiger charge is -2.10. The zero-order valence-electron chi connectivity index (χ0n) is 13.6. The molecule has 1 aliphatic heterocycles. The number of amides is 1. The Labute approximate surface area is 150 Å². The van der Waals surface area contributed by atoms with Gasteiger partial charge in [0, 0.05) is 28.8 Å². The predicted molar refractivity (Wildman–Crippen MR) is 101 cm³/mol. The molecule has 2 aromatic carbocycles. The van der Waals surface area contributed by atoms with Gasteiger partial charge in [0.2, 0.25) is 0 Å². The van der Waals surface area contributed by atoms with E-state index in [2.05, 4.69) is 22.8 Å². The maximum absolute atomic E-state index is 12.1. The summed E-state index contributed by atoms with van der Waals surface area (Å²) in [6, 6.07) is 17.9. The average molecular weight is 350 g/mol.